The molecule has 0 radical (unpaired) electrons. The molecule has 9 heteroatoms. The van der Waals surface area contributed by atoms with E-state index in [0.717, 1.165) is 16.8 Å². The van der Waals surface area contributed by atoms with Crippen LogP contribution in [0, 0.1) is 27.7 Å². The molecule has 1 N–H and O–H groups in total. The summed E-state index contributed by atoms with van der Waals surface area (Å²) in [5.74, 6) is 0.394. The number of nitrogens with zero attached hydrogens (tertiary/aromatic N) is 6. The summed E-state index contributed by atoms with van der Waals surface area (Å²) in [5.41, 5.74) is 2.66. The fraction of sp³-hybridized carbons (Fsp3) is 0.238. The van der Waals surface area contributed by atoms with Crippen LogP contribution in [0.2, 0.25) is 0 Å². The van der Waals surface area contributed by atoms with Crippen LogP contribution in [-0.2, 0) is 11.3 Å². The van der Waals surface area contributed by atoms with Gasteiger partial charge in [0, 0.05) is 22.8 Å². The van der Waals surface area contributed by atoms with Gasteiger partial charge in [-0.2, -0.15) is 14.9 Å². The van der Waals surface area contributed by atoms with E-state index in [1.54, 1.807) is 18.2 Å². The van der Waals surface area contributed by atoms with Crippen molar-refractivity contribution in [3.63, 3.8) is 0 Å². The molecule has 3 aromatic heterocycles. The highest BCUT2D eigenvalue weighted by atomic mass is 16.2. The molecule has 0 fully saturated rings. The van der Waals surface area contributed by atoms with Gasteiger partial charge in [0.2, 0.25) is 5.91 Å². The van der Waals surface area contributed by atoms with Gasteiger partial charge in [-0.05, 0) is 39.8 Å². The van der Waals surface area contributed by atoms with E-state index in [9.17, 15) is 9.59 Å². The van der Waals surface area contributed by atoms with Gasteiger partial charge < -0.3 is 5.32 Å². The molecule has 4 aromatic rings. The summed E-state index contributed by atoms with van der Waals surface area (Å²) >= 11 is 0. The molecule has 4 rings (SSSR count). The van der Waals surface area contributed by atoms with Crippen LogP contribution in [-0.4, -0.2) is 35.4 Å². The van der Waals surface area contributed by atoms with E-state index in [2.05, 4.69) is 25.5 Å². The number of rotatable bonds is 4. The van der Waals surface area contributed by atoms with E-state index in [0.29, 0.717) is 28.5 Å². The van der Waals surface area contributed by atoms with Crippen molar-refractivity contribution in [2.75, 3.05) is 5.32 Å². The van der Waals surface area contributed by atoms with Crippen LogP contribution in [0.15, 0.2) is 41.2 Å². The maximum absolute atomic E-state index is 12.7. The van der Waals surface area contributed by atoms with Crippen molar-refractivity contribution in [2.24, 2.45) is 0 Å². The zero-order valence-electron chi connectivity index (χ0n) is 17.2. The number of hydrogen-bond donors (Lipinski definition) is 1. The second kappa shape index (κ2) is 7.51. The van der Waals surface area contributed by atoms with Gasteiger partial charge >= 0.3 is 0 Å². The lowest BCUT2D eigenvalue weighted by atomic mass is 10.1. The maximum atomic E-state index is 12.7. The summed E-state index contributed by atoms with van der Waals surface area (Å²) in [6, 6.07) is 10.8. The molecule has 30 heavy (non-hydrogen) atoms. The smallest absolute Gasteiger partial charge is 0.275 e. The van der Waals surface area contributed by atoms with Crippen LogP contribution in [0.4, 0.5) is 5.82 Å². The lowest BCUT2D eigenvalue weighted by Crippen LogP contribution is -2.30. The third-order valence-electron chi connectivity index (χ3n) is 4.60. The lowest BCUT2D eigenvalue weighted by molar-refractivity contribution is -0.117. The Morgan fingerprint density at radius 3 is 2.30 bits per heavy atom. The number of aromatic nitrogens is 6. The first-order valence-electron chi connectivity index (χ1n) is 9.47. The van der Waals surface area contributed by atoms with E-state index < -0.39 is 5.91 Å². The molecule has 1 amide bonds. The summed E-state index contributed by atoms with van der Waals surface area (Å²) in [6.07, 6.45) is 0. The minimum Gasteiger partial charge on any atom is -0.309 e. The molecule has 152 valence electrons. The van der Waals surface area contributed by atoms with Gasteiger partial charge in [0.15, 0.2) is 0 Å². The standard InChI is InChI=1S/C21H21N7O2/c1-12-9-13(2)23-21(22-12)28-18(10-14(3)25-28)24-19(29)11-27-20(30)17-8-6-5-7-16(17)15(4)26-27/h5-10H,11H2,1-4H3,(H,24,29). The highest BCUT2D eigenvalue weighted by Crippen LogP contribution is 2.16. The topological polar surface area (TPSA) is 108 Å². The van der Waals surface area contributed by atoms with Crippen LogP contribution in [0.1, 0.15) is 22.8 Å². The van der Waals surface area contributed by atoms with Crippen molar-refractivity contribution >= 4 is 22.5 Å². The Balaban J connectivity index is 1.64. The van der Waals surface area contributed by atoms with E-state index in [1.807, 2.05) is 45.9 Å². The lowest BCUT2D eigenvalue weighted by Gasteiger charge is -2.10. The van der Waals surface area contributed by atoms with Gasteiger partial charge in [-0.25, -0.2) is 14.6 Å². The maximum Gasteiger partial charge on any atom is 0.275 e. The Morgan fingerprint density at radius 1 is 0.933 bits per heavy atom. The number of aryl methyl sites for hydroxylation is 4. The van der Waals surface area contributed by atoms with Crippen LogP contribution in [0.25, 0.3) is 16.7 Å². The number of benzene rings is 1. The first-order chi connectivity index (χ1) is 14.3. The zero-order chi connectivity index (χ0) is 21.4. The zero-order valence-corrected chi connectivity index (χ0v) is 17.2. The fourth-order valence-corrected chi connectivity index (χ4v) is 3.37. The van der Waals surface area contributed by atoms with Crippen LogP contribution in [0.3, 0.4) is 0 Å². The summed E-state index contributed by atoms with van der Waals surface area (Å²) < 4.78 is 2.66. The molecule has 0 aliphatic heterocycles. The third-order valence-corrected chi connectivity index (χ3v) is 4.60. The number of amides is 1. The highest BCUT2D eigenvalue weighted by Gasteiger charge is 2.16. The van der Waals surface area contributed by atoms with Crippen molar-refractivity contribution in [1.29, 1.82) is 0 Å². The third kappa shape index (κ3) is 3.69. The van der Waals surface area contributed by atoms with Gasteiger partial charge in [0.25, 0.3) is 11.5 Å². The van der Waals surface area contributed by atoms with E-state index >= 15 is 0 Å². The molecule has 0 spiro atoms. The normalized spacial score (nSPS) is 11.1. The molecule has 0 unspecified atom stereocenters. The van der Waals surface area contributed by atoms with Crippen LogP contribution < -0.4 is 10.9 Å². The number of hydrogen-bond acceptors (Lipinski definition) is 6. The molecule has 0 saturated heterocycles. The summed E-state index contributed by atoms with van der Waals surface area (Å²) in [7, 11) is 0. The molecule has 0 atom stereocenters. The van der Waals surface area contributed by atoms with E-state index in [1.165, 1.54) is 9.36 Å². The number of nitrogens with one attached hydrogen (secondary N) is 1. The molecular weight excluding hydrogens is 382 g/mol. The number of anilines is 1. The largest absolute Gasteiger partial charge is 0.309 e. The molecule has 0 aliphatic carbocycles. The number of carbonyl (C=O) groups is 1. The van der Waals surface area contributed by atoms with Crippen molar-refractivity contribution < 1.29 is 4.79 Å². The molecule has 1 aromatic carbocycles. The average molecular weight is 403 g/mol. The first kappa shape index (κ1) is 19.4. The molecular formula is C21H21N7O2. The summed E-state index contributed by atoms with van der Waals surface area (Å²) in [5, 5.41) is 12.8. The van der Waals surface area contributed by atoms with Crippen molar-refractivity contribution in [2.45, 2.75) is 34.2 Å². The molecule has 0 aliphatic rings. The first-order valence-corrected chi connectivity index (χ1v) is 9.47. The summed E-state index contributed by atoms with van der Waals surface area (Å²) in [4.78, 5) is 34.2. The van der Waals surface area contributed by atoms with E-state index in [4.69, 9.17) is 0 Å². The van der Waals surface area contributed by atoms with Gasteiger partial charge in [-0.3, -0.25) is 9.59 Å². The SMILES string of the molecule is Cc1cc(C)nc(-n2nc(C)cc2NC(=O)Cn2nc(C)c3ccccc3c2=O)n1. The Kier molecular flexibility index (Phi) is 4.86. The number of fused-ring (bicyclic) bond motifs is 1. The van der Waals surface area contributed by atoms with Crippen molar-refractivity contribution in [3.8, 4) is 5.95 Å². The Hall–Kier alpha value is -3.88. The Bertz CT molecular complexity index is 1320. The molecule has 0 saturated carbocycles. The van der Waals surface area contributed by atoms with Gasteiger partial charge in [-0.1, -0.05) is 18.2 Å². The van der Waals surface area contributed by atoms with Crippen molar-refractivity contribution in [1.82, 2.24) is 29.5 Å². The van der Waals surface area contributed by atoms with Crippen LogP contribution >= 0.6 is 0 Å². The van der Waals surface area contributed by atoms with Crippen LogP contribution in [0.5, 0.6) is 0 Å². The molecule has 9 nitrogen and oxygen atoms in total. The fourth-order valence-electron chi connectivity index (χ4n) is 3.37. The van der Waals surface area contributed by atoms with E-state index in [-0.39, 0.29) is 12.1 Å². The van der Waals surface area contributed by atoms with Gasteiger partial charge in [0.1, 0.15) is 12.4 Å². The Labute approximate surface area is 172 Å². The predicted molar refractivity (Wildman–Crippen MR) is 113 cm³/mol. The minimum atomic E-state index is -0.398. The second-order valence-electron chi connectivity index (χ2n) is 7.18. The van der Waals surface area contributed by atoms with Gasteiger partial charge in [-0.15, -0.1) is 0 Å². The number of carbonyl (C=O) groups excluding carboxylic acids is 1. The minimum absolute atomic E-state index is 0.220. The quantitative estimate of drug-likeness (QED) is 0.560. The second-order valence-corrected chi connectivity index (χ2v) is 7.18. The predicted octanol–water partition coefficient (Wildman–Crippen LogP) is 2.24. The average Bonchev–Trinajstić information content (AvgIpc) is 3.05. The Morgan fingerprint density at radius 2 is 1.60 bits per heavy atom. The monoisotopic (exact) mass is 403 g/mol. The van der Waals surface area contributed by atoms with Gasteiger partial charge in [0.05, 0.1) is 16.8 Å². The summed E-state index contributed by atoms with van der Waals surface area (Å²) in [6.45, 7) is 7.14. The highest BCUT2D eigenvalue weighted by molar-refractivity contribution is 5.90. The van der Waals surface area contributed by atoms with Crippen molar-refractivity contribution in [3.05, 3.63) is 69.5 Å². The molecule has 3 heterocycles. The molecule has 0 bridgehead atoms.